The Bertz CT molecular complexity index is 1580. The van der Waals surface area contributed by atoms with Crippen LogP contribution in [0.4, 0.5) is 0 Å². The van der Waals surface area contributed by atoms with E-state index in [1.54, 1.807) is 42.5 Å². The second-order valence-corrected chi connectivity index (χ2v) is 10.5. The molecule has 5 rings (SSSR count). The maximum Gasteiger partial charge on any atom is 0.336 e. The summed E-state index contributed by atoms with van der Waals surface area (Å²) in [6.07, 6.45) is 4.13. The lowest BCUT2D eigenvalue weighted by Crippen LogP contribution is -2.24. The summed E-state index contributed by atoms with van der Waals surface area (Å²) in [7, 11) is 0. The Morgan fingerprint density at radius 1 is 1.19 bits per heavy atom. The van der Waals surface area contributed by atoms with Crippen LogP contribution < -0.4 is 11.0 Å². The minimum atomic E-state index is -1.08. The van der Waals surface area contributed by atoms with Gasteiger partial charge in [0.05, 0.1) is 28.6 Å². The highest BCUT2D eigenvalue weighted by atomic mass is 35.5. The van der Waals surface area contributed by atoms with Gasteiger partial charge in [-0.2, -0.15) is 5.10 Å². The molecule has 4 aromatic rings. The number of aryl methyl sites for hydroxylation is 2. The first kappa shape index (κ1) is 24.2. The molecule has 2 heterocycles. The highest BCUT2D eigenvalue weighted by Gasteiger charge is 2.24. The fourth-order valence-electron chi connectivity index (χ4n) is 4.08. The number of carbonyl (C=O) groups is 2. The van der Waals surface area contributed by atoms with Crippen LogP contribution in [0.3, 0.4) is 0 Å². The highest BCUT2D eigenvalue weighted by Crippen LogP contribution is 2.36. The van der Waals surface area contributed by atoms with Gasteiger partial charge in [0.1, 0.15) is 4.83 Å². The standard InChI is InChI=1S/C25H19ClN4O4S2/c26-15-8-10-16(11-9-15)30-23(32)21-18-6-3-7-19(18)36-22(21)28-25(30)35-13-20(31)29-27-12-14-4-1-2-5-17(14)24(33)34/h1-2,4-5,8-12H,3,6-7,13H2,(H,29,31)(H,33,34). The Labute approximate surface area is 218 Å². The van der Waals surface area contributed by atoms with Crippen molar-refractivity contribution in [2.24, 2.45) is 5.10 Å². The molecule has 2 aromatic carbocycles. The third kappa shape index (κ3) is 4.79. The number of nitrogens with zero attached hydrogens (tertiary/aromatic N) is 3. The van der Waals surface area contributed by atoms with Crippen molar-refractivity contribution >= 4 is 63.0 Å². The third-order valence-corrected chi connectivity index (χ3v) is 8.09. The zero-order valence-corrected chi connectivity index (χ0v) is 21.1. The molecule has 0 fully saturated rings. The van der Waals surface area contributed by atoms with Crippen LogP contribution >= 0.6 is 34.7 Å². The molecule has 0 radical (unpaired) electrons. The second kappa shape index (κ2) is 10.3. The molecule has 182 valence electrons. The van der Waals surface area contributed by atoms with Gasteiger partial charge >= 0.3 is 5.97 Å². The van der Waals surface area contributed by atoms with E-state index in [9.17, 15) is 19.5 Å². The summed E-state index contributed by atoms with van der Waals surface area (Å²) in [5, 5.41) is 14.7. The number of carbonyl (C=O) groups excluding carboxylic acids is 1. The van der Waals surface area contributed by atoms with Crippen LogP contribution in [-0.4, -0.2) is 38.5 Å². The van der Waals surface area contributed by atoms with Crippen molar-refractivity contribution in [3.8, 4) is 5.69 Å². The van der Waals surface area contributed by atoms with Crippen LogP contribution in [0.15, 0.2) is 63.6 Å². The fourth-order valence-corrected chi connectivity index (χ4v) is 6.31. The van der Waals surface area contributed by atoms with Gasteiger partial charge in [0, 0.05) is 15.5 Å². The summed E-state index contributed by atoms with van der Waals surface area (Å²) in [5.74, 6) is -1.55. The molecule has 11 heteroatoms. The van der Waals surface area contributed by atoms with E-state index in [2.05, 4.69) is 10.5 Å². The van der Waals surface area contributed by atoms with Crippen LogP contribution in [0.1, 0.15) is 32.8 Å². The van der Waals surface area contributed by atoms with Crippen LogP contribution in [0.2, 0.25) is 5.02 Å². The topological polar surface area (TPSA) is 114 Å². The molecule has 1 amide bonds. The van der Waals surface area contributed by atoms with E-state index in [0.717, 1.165) is 36.6 Å². The van der Waals surface area contributed by atoms with E-state index in [1.165, 1.54) is 33.1 Å². The first-order valence-electron chi connectivity index (χ1n) is 11.0. The molecule has 0 saturated carbocycles. The van der Waals surface area contributed by atoms with Crippen molar-refractivity contribution in [2.45, 2.75) is 24.4 Å². The van der Waals surface area contributed by atoms with E-state index in [0.29, 0.717) is 31.6 Å². The smallest absolute Gasteiger partial charge is 0.336 e. The Morgan fingerprint density at radius 2 is 1.97 bits per heavy atom. The molecule has 2 N–H and O–H groups in total. The molecular weight excluding hydrogens is 520 g/mol. The summed E-state index contributed by atoms with van der Waals surface area (Å²) in [5.41, 5.74) is 4.39. The molecule has 0 saturated heterocycles. The predicted octanol–water partition coefficient (Wildman–Crippen LogP) is 4.53. The summed E-state index contributed by atoms with van der Waals surface area (Å²) in [4.78, 5) is 44.1. The number of carboxylic acids is 1. The summed E-state index contributed by atoms with van der Waals surface area (Å²) >= 11 is 8.71. The summed E-state index contributed by atoms with van der Waals surface area (Å²) < 4.78 is 1.52. The van der Waals surface area contributed by atoms with Gasteiger partial charge in [0.15, 0.2) is 5.16 Å². The fraction of sp³-hybridized carbons (Fsp3) is 0.160. The van der Waals surface area contributed by atoms with Crippen LogP contribution in [0.25, 0.3) is 15.9 Å². The quantitative estimate of drug-likeness (QED) is 0.155. The van der Waals surface area contributed by atoms with Gasteiger partial charge < -0.3 is 5.11 Å². The van der Waals surface area contributed by atoms with Gasteiger partial charge in [-0.15, -0.1) is 11.3 Å². The zero-order valence-electron chi connectivity index (χ0n) is 18.7. The Kier molecular flexibility index (Phi) is 6.90. The molecule has 0 unspecified atom stereocenters. The minimum absolute atomic E-state index is 0.0471. The molecule has 0 spiro atoms. The number of halogens is 1. The average molecular weight is 539 g/mol. The number of amides is 1. The third-order valence-electron chi connectivity index (χ3n) is 5.71. The number of nitrogens with one attached hydrogen (secondary N) is 1. The normalized spacial score (nSPS) is 12.8. The Morgan fingerprint density at radius 3 is 2.75 bits per heavy atom. The van der Waals surface area contributed by atoms with E-state index < -0.39 is 11.9 Å². The van der Waals surface area contributed by atoms with E-state index >= 15 is 0 Å². The Balaban J connectivity index is 1.40. The van der Waals surface area contributed by atoms with E-state index in [1.807, 2.05) is 0 Å². The van der Waals surface area contributed by atoms with Gasteiger partial charge in [-0.25, -0.2) is 15.2 Å². The van der Waals surface area contributed by atoms with Crippen molar-refractivity contribution in [2.75, 3.05) is 5.75 Å². The maximum absolute atomic E-state index is 13.6. The minimum Gasteiger partial charge on any atom is -0.478 e. The van der Waals surface area contributed by atoms with Gasteiger partial charge in [0.25, 0.3) is 11.5 Å². The largest absolute Gasteiger partial charge is 0.478 e. The number of thiophene rings is 1. The molecular formula is C25H19ClN4O4S2. The first-order valence-corrected chi connectivity index (χ1v) is 13.2. The highest BCUT2D eigenvalue weighted by molar-refractivity contribution is 7.99. The SMILES string of the molecule is O=C(CSc1nc2sc3c(c2c(=O)n1-c1ccc(Cl)cc1)CCC3)NN=Cc1ccccc1C(=O)O. The van der Waals surface area contributed by atoms with Crippen molar-refractivity contribution in [3.05, 3.63) is 85.5 Å². The Hall–Kier alpha value is -3.47. The lowest BCUT2D eigenvalue weighted by molar-refractivity contribution is -0.118. The lowest BCUT2D eigenvalue weighted by atomic mass is 10.1. The number of fused-ring (bicyclic) bond motifs is 3. The van der Waals surface area contributed by atoms with Gasteiger partial charge in [0.2, 0.25) is 0 Å². The number of aromatic nitrogens is 2. The lowest BCUT2D eigenvalue weighted by Gasteiger charge is -2.12. The molecule has 0 atom stereocenters. The molecule has 0 aliphatic heterocycles. The van der Waals surface area contributed by atoms with Gasteiger partial charge in [-0.05, 0) is 55.2 Å². The number of thioether (sulfide) groups is 1. The maximum atomic E-state index is 13.6. The van der Waals surface area contributed by atoms with Crippen molar-refractivity contribution in [1.29, 1.82) is 0 Å². The number of aromatic carboxylic acids is 1. The number of hydrazone groups is 1. The van der Waals surface area contributed by atoms with Crippen LogP contribution in [-0.2, 0) is 17.6 Å². The van der Waals surface area contributed by atoms with Crippen molar-refractivity contribution in [3.63, 3.8) is 0 Å². The number of benzene rings is 2. The number of carboxylic acid groups (broad SMARTS) is 1. The molecule has 0 bridgehead atoms. The van der Waals surface area contributed by atoms with Crippen molar-refractivity contribution < 1.29 is 14.7 Å². The number of rotatable bonds is 7. The molecule has 2 aromatic heterocycles. The van der Waals surface area contributed by atoms with Gasteiger partial charge in [-0.1, -0.05) is 41.6 Å². The van der Waals surface area contributed by atoms with Crippen LogP contribution in [0.5, 0.6) is 0 Å². The van der Waals surface area contributed by atoms with Gasteiger partial charge in [-0.3, -0.25) is 14.2 Å². The second-order valence-electron chi connectivity index (χ2n) is 8.02. The average Bonchev–Trinajstić information content (AvgIpc) is 3.45. The summed E-state index contributed by atoms with van der Waals surface area (Å²) in [6.45, 7) is 0. The number of hydrogen-bond donors (Lipinski definition) is 2. The molecule has 36 heavy (non-hydrogen) atoms. The molecule has 8 nitrogen and oxygen atoms in total. The monoisotopic (exact) mass is 538 g/mol. The van der Waals surface area contributed by atoms with Crippen LogP contribution in [0, 0.1) is 0 Å². The summed E-state index contributed by atoms with van der Waals surface area (Å²) in [6, 6.07) is 13.3. The molecule has 1 aliphatic carbocycles. The predicted molar refractivity (Wildman–Crippen MR) is 142 cm³/mol. The zero-order chi connectivity index (χ0) is 25.2. The van der Waals surface area contributed by atoms with E-state index in [4.69, 9.17) is 16.6 Å². The molecule has 1 aliphatic rings. The van der Waals surface area contributed by atoms with E-state index in [-0.39, 0.29) is 16.9 Å². The first-order chi connectivity index (χ1) is 17.4. The number of hydrogen-bond acceptors (Lipinski definition) is 7. The van der Waals surface area contributed by atoms with Crippen molar-refractivity contribution in [1.82, 2.24) is 15.0 Å².